The van der Waals surface area contributed by atoms with Crippen LogP contribution in [0.25, 0.3) is 11.2 Å². The molecular weight excluding hydrogens is 408 g/mol. The van der Waals surface area contributed by atoms with E-state index in [2.05, 4.69) is 15.9 Å². The number of ether oxygens (including phenoxy) is 1. The summed E-state index contributed by atoms with van der Waals surface area (Å²) in [5, 5.41) is 0.716. The number of fused-ring (bicyclic) bond motifs is 1. The smallest absolute Gasteiger partial charge is 0.332 e. The topological polar surface area (TPSA) is 77.5 Å². The normalized spacial score (nSPS) is 14.7. The number of anilines is 2. The average molecular weight is 433 g/mol. The Morgan fingerprint density at radius 3 is 2.43 bits per heavy atom. The number of benzene rings is 1. The van der Waals surface area contributed by atoms with Crippen molar-refractivity contribution in [3.8, 4) is 0 Å². The number of imidazole rings is 1. The van der Waals surface area contributed by atoms with Gasteiger partial charge in [-0.05, 0) is 18.2 Å². The van der Waals surface area contributed by atoms with Gasteiger partial charge in [0.1, 0.15) is 0 Å². The maximum absolute atomic E-state index is 12.9. The van der Waals surface area contributed by atoms with Crippen LogP contribution in [0.2, 0.25) is 5.02 Å². The van der Waals surface area contributed by atoms with Gasteiger partial charge in [0.05, 0.1) is 6.61 Å². The van der Waals surface area contributed by atoms with E-state index in [0.717, 1.165) is 36.4 Å². The van der Waals surface area contributed by atoms with Crippen LogP contribution in [0.1, 0.15) is 0 Å². The maximum Gasteiger partial charge on any atom is 0.332 e. The van der Waals surface area contributed by atoms with E-state index in [4.69, 9.17) is 21.3 Å². The van der Waals surface area contributed by atoms with Gasteiger partial charge in [0, 0.05) is 64.6 Å². The van der Waals surface area contributed by atoms with Crippen molar-refractivity contribution in [3.05, 3.63) is 50.1 Å². The second-order valence-corrected chi connectivity index (χ2v) is 7.82. The molecule has 3 heterocycles. The minimum Gasteiger partial charge on any atom is -0.383 e. The molecule has 0 atom stereocenters. The van der Waals surface area contributed by atoms with Crippen LogP contribution >= 0.6 is 11.6 Å². The zero-order chi connectivity index (χ0) is 21.4. The zero-order valence-electron chi connectivity index (χ0n) is 17.3. The van der Waals surface area contributed by atoms with Crippen LogP contribution in [-0.2, 0) is 25.4 Å². The molecule has 0 spiro atoms. The summed E-state index contributed by atoms with van der Waals surface area (Å²) in [5.74, 6) is 0.686. The van der Waals surface area contributed by atoms with Crippen molar-refractivity contribution in [1.82, 2.24) is 18.7 Å². The summed E-state index contributed by atoms with van der Waals surface area (Å²) < 4.78 is 9.66. The summed E-state index contributed by atoms with van der Waals surface area (Å²) in [4.78, 5) is 34.4. The molecule has 1 saturated heterocycles. The lowest BCUT2D eigenvalue weighted by Gasteiger charge is -2.36. The van der Waals surface area contributed by atoms with Gasteiger partial charge in [-0.1, -0.05) is 17.7 Å². The van der Waals surface area contributed by atoms with E-state index >= 15 is 0 Å². The first-order chi connectivity index (χ1) is 14.4. The lowest BCUT2D eigenvalue weighted by Crippen LogP contribution is -2.47. The fourth-order valence-electron chi connectivity index (χ4n) is 3.91. The Kier molecular flexibility index (Phi) is 5.57. The fraction of sp³-hybridized carbons (Fsp3) is 0.450. The van der Waals surface area contributed by atoms with E-state index in [9.17, 15) is 9.59 Å². The lowest BCUT2D eigenvalue weighted by atomic mass is 10.2. The van der Waals surface area contributed by atoms with Crippen molar-refractivity contribution in [2.75, 3.05) is 49.7 Å². The Balaban J connectivity index is 1.70. The highest BCUT2D eigenvalue weighted by atomic mass is 35.5. The molecule has 3 aromatic rings. The molecule has 30 heavy (non-hydrogen) atoms. The van der Waals surface area contributed by atoms with E-state index in [0.29, 0.717) is 35.3 Å². The van der Waals surface area contributed by atoms with Gasteiger partial charge in [0.2, 0.25) is 5.95 Å². The summed E-state index contributed by atoms with van der Waals surface area (Å²) in [5.41, 5.74) is 1.17. The predicted molar refractivity (Wildman–Crippen MR) is 118 cm³/mol. The molecule has 160 valence electrons. The largest absolute Gasteiger partial charge is 0.383 e. The molecule has 4 rings (SSSR count). The number of aromatic nitrogens is 4. The van der Waals surface area contributed by atoms with E-state index in [1.54, 1.807) is 14.2 Å². The molecule has 1 aliphatic rings. The monoisotopic (exact) mass is 432 g/mol. The van der Waals surface area contributed by atoms with Gasteiger partial charge in [0.25, 0.3) is 5.56 Å². The quantitative estimate of drug-likeness (QED) is 0.600. The molecule has 0 amide bonds. The number of rotatable bonds is 5. The molecule has 10 heteroatoms. The van der Waals surface area contributed by atoms with Gasteiger partial charge in [-0.15, -0.1) is 0 Å². The van der Waals surface area contributed by atoms with Crippen molar-refractivity contribution in [3.63, 3.8) is 0 Å². The molecule has 0 unspecified atom stereocenters. The molecule has 0 bridgehead atoms. The highest BCUT2D eigenvalue weighted by Crippen LogP contribution is 2.24. The molecule has 0 N–H and O–H groups in total. The van der Waals surface area contributed by atoms with Gasteiger partial charge >= 0.3 is 5.69 Å². The molecule has 1 aromatic carbocycles. The number of hydrogen-bond donors (Lipinski definition) is 0. The first kappa shape index (κ1) is 20.5. The minimum atomic E-state index is -0.388. The van der Waals surface area contributed by atoms with Gasteiger partial charge in [-0.25, -0.2) is 4.79 Å². The molecule has 0 aliphatic carbocycles. The summed E-state index contributed by atoms with van der Waals surface area (Å²) in [7, 11) is 4.75. The molecular formula is C20H25ClN6O3. The van der Waals surface area contributed by atoms with Crippen LogP contribution in [0.4, 0.5) is 11.6 Å². The van der Waals surface area contributed by atoms with Crippen molar-refractivity contribution in [2.45, 2.75) is 6.54 Å². The Morgan fingerprint density at radius 2 is 1.77 bits per heavy atom. The molecule has 1 fully saturated rings. The van der Waals surface area contributed by atoms with E-state index in [-0.39, 0.29) is 11.2 Å². The Labute approximate surface area is 178 Å². The molecule has 0 saturated carbocycles. The fourth-order valence-corrected chi connectivity index (χ4v) is 4.09. The van der Waals surface area contributed by atoms with Gasteiger partial charge in [-0.3, -0.25) is 13.9 Å². The molecule has 9 nitrogen and oxygen atoms in total. The number of hydrogen-bond acceptors (Lipinski definition) is 6. The number of piperazine rings is 1. The zero-order valence-corrected chi connectivity index (χ0v) is 18.1. The van der Waals surface area contributed by atoms with Crippen LogP contribution in [0.3, 0.4) is 0 Å². The van der Waals surface area contributed by atoms with E-state index in [1.807, 2.05) is 22.8 Å². The molecule has 0 radical (unpaired) electrons. The van der Waals surface area contributed by atoms with Crippen LogP contribution in [0.15, 0.2) is 33.9 Å². The van der Waals surface area contributed by atoms with Crippen molar-refractivity contribution in [2.24, 2.45) is 14.1 Å². The van der Waals surface area contributed by atoms with Gasteiger partial charge in [-0.2, -0.15) is 4.98 Å². The van der Waals surface area contributed by atoms with Crippen LogP contribution in [-0.4, -0.2) is 58.6 Å². The van der Waals surface area contributed by atoms with E-state index < -0.39 is 0 Å². The number of nitrogens with zero attached hydrogens (tertiary/aromatic N) is 6. The number of methoxy groups -OCH3 is 1. The summed E-state index contributed by atoms with van der Waals surface area (Å²) >= 11 is 6.14. The standard InChI is InChI=1S/C20H25ClN6O3/c1-23-17-16(18(28)24(2)20(23)29)27(11-12-30-3)19(22-17)26-9-7-25(8-10-26)15-6-4-5-14(21)13-15/h4-6,13H,7-12H2,1-3H3. The first-order valence-electron chi connectivity index (χ1n) is 9.83. The van der Waals surface area contributed by atoms with Crippen LogP contribution < -0.4 is 21.0 Å². The molecule has 2 aromatic heterocycles. The number of halogens is 1. The Bertz CT molecular complexity index is 1190. The highest BCUT2D eigenvalue weighted by molar-refractivity contribution is 6.30. The van der Waals surface area contributed by atoms with Crippen molar-refractivity contribution < 1.29 is 4.74 Å². The van der Waals surface area contributed by atoms with E-state index in [1.165, 1.54) is 11.6 Å². The predicted octanol–water partition coefficient (Wildman–Crippen LogP) is 1.06. The SMILES string of the molecule is COCCn1c(N2CCN(c3cccc(Cl)c3)CC2)nc2c1c(=O)n(C)c(=O)n2C. The lowest BCUT2D eigenvalue weighted by molar-refractivity contribution is 0.188. The third-order valence-corrected chi connectivity index (χ3v) is 5.82. The molecule has 1 aliphatic heterocycles. The second kappa shape index (κ2) is 8.16. The van der Waals surface area contributed by atoms with Crippen LogP contribution in [0.5, 0.6) is 0 Å². The van der Waals surface area contributed by atoms with Crippen LogP contribution in [0, 0.1) is 0 Å². The van der Waals surface area contributed by atoms with Gasteiger partial charge in [0.15, 0.2) is 11.2 Å². The Morgan fingerprint density at radius 1 is 1.07 bits per heavy atom. The Hall–Kier alpha value is -2.78. The summed E-state index contributed by atoms with van der Waals surface area (Å²) in [6, 6.07) is 7.83. The third-order valence-electron chi connectivity index (χ3n) is 5.58. The minimum absolute atomic E-state index is 0.347. The second-order valence-electron chi connectivity index (χ2n) is 7.39. The maximum atomic E-state index is 12.9. The summed E-state index contributed by atoms with van der Waals surface area (Å²) in [6.07, 6.45) is 0. The van der Waals surface area contributed by atoms with Crippen molar-refractivity contribution in [1.29, 1.82) is 0 Å². The first-order valence-corrected chi connectivity index (χ1v) is 10.2. The summed E-state index contributed by atoms with van der Waals surface area (Å²) in [6.45, 7) is 3.97. The highest BCUT2D eigenvalue weighted by Gasteiger charge is 2.25. The van der Waals surface area contributed by atoms with Gasteiger partial charge < -0.3 is 19.1 Å². The third kappa shape index (κ3) is 3.48. The average Bonchev–Trinajstić information content (AvgIpc) is 3.14. The van der Waals surface area contributed by atoms with Crippen molar-refractivity contribution >= 4 is 34.4 Å². The number of aryl methyl sites for hydroxylation is 1.